The predicted molar refractivity (Wildman–Crippen MR) is 80.7 cm³/mol. The average Bonchev–Trinajstić information content (AvgIpc) is 2.46. The van der Waals surface area contributed by atoms with E-state index in [1.165, 1.54) is 0 Å². The van der Waals surface area contributed by atoms with Crippen LogP contribution in [0.15, 0.2) is 29.2 Å². The standard InChI is InChI=1S/C15H21F3N2S/c1-2-21-13-5-3-12(4-6-13)14(11-15(16,17)18)20-9-7-19-8-10-20/h3-6,14,19H,2,7-11H2,1H3/t14-/m1/s1. The van der Waals surface area contributed by atoms with Crippen LogP contribution in [0.3, 0.4) is 0 Å². The number of thioether (sulfide) groups is 1. The Morgan fingerprint density at radius 3 is 2.33 bits per heavy atom. The highest BCUT2D eigenvalue weighted by Gasteiger charge is 2.35. The minimum Gasteiger partial charge on any atom is -0.314 e. The third kappa shape index (κ3) is 5.20. The lowest BCUT2D eigenvalue weighted by Crippen LogP contribution is -2.46. The molecule has 1 aliphatic heterocycles. The molecule has 0 aliphatic carbocycles. The van der Waals surface area contributed by atoms with Gasteiger partial charge in [0.25, 0.3) is 0 Å². The Morgan fingerprint density at radius 2 is 1.81 bits per heavy atom. The van der Waals surface area contributed by atoms with Gasteiger partial charge in [0.1, 0.15) is 0 Å². The molecule has 1 N–H and O–H groups in total. The third-order valence-corrected chi connectivity index (χ3v) is 4.49. The van der Waals surface area contributed by atoms with Crippen LogP contribution < -0.4 is 5.32 Å². The second kappa shape index (κ2) is 7.51. The number of benzene rings is 1. The summed E-state index contributed by atoms with van der Waals surface area (Å²) in [5.74, 6) is 0.961. The van der Waals surface area contributed by atoms with E-state index < -0.39 is 18.6 Å². The van der Waals surface area contributed by atoms with Crippen LogP contribution >= 0.6 is 11.8 Å². The maximum Gasteiger partial charge on any atom is 0.390 e. The molecule has 1 saturated heterocycles. The zero-order valence-corrected chi connectivity index (χ0v) is 12.9. The van der Waals surface area contributed by atoms with Gasteiger partial charge in [0, 0.05) is 37.1 Å². The summed E-state index contributed by atoms with van der Waals surface area (Å²) in [5.41, 5.74) is 0.759. The van der Waals surface area contributed by atoms with Gasteiger partial charge in [-0.3, -0.25) is 4.90 Å². The summed E-state index contributed by atoms with van der Waals surface area (Å²) >= 11 is 1.70. The number of hydrogen-bond donors (Lipinski definition) is 1. The molecule has 1 heterocycles. The highest BCUT2D eigenvalue weighted by atomic mass is 32.2. The largest absolute Gasteiger partial charge is 0.390 e. The zero-order valence-electron chi connectivity index (χ0n) is 12.1. The minimum absolute atomic E-state index is 0.576. The molecule has 0 aromatic heterocycles. The molecular weight excluding hydrogens is 297 g/mol. The Hall–Kier alpha value is -0.720. The molecule has 21 heavy (non-hydrogen) atoms. The van der Waals surface area contributed by atoms with Crippen LogP contribution in [0.25, 0.3) is 0 Å². The van der Waals surface area contributed by atoms with E-state index >= 15 is 0 Å². The lowest BCUT2D eigenvalue weighted by Gasteiger charge is -2.35. The molecule has 0 spiro atoms. The first-order valence-electron chi connectivity index (χ1n) is 7.24. The first-order valence-corrected chi connectivity index (χ1v) is 8.22. The zero-order chi connectivity index (χ0) is 15.3. The molecule has 1 aromatic rings. The number of alkyl halides is 3. The number of rotatable bonds is 5. The molecule has 2 rings (SSSR count). The highest BCUT2D eigenvalue weighted by molar-refractivity contribution is 7.99. The quantitative estimate of drug-likeness (QED) is 0.834. The molecule has 1 aliphatic rings. The summed E-state index contributed by atoms with van der Waals surface area (Å²) in [4.78, 5) is 3.04. The summed E-state index contributed by atoms with van der Waals surface area (Å²) < 4.78 is 38.7. The molecule has 118 valence electrons. The van der Waals surface area contributed by atoms with Gasteiger partial charge < -0.3 is 5.32 Å². The van der Waals surface area contributed by atoms with E-state index in [4.69, 9.17) is 0 Å². The van der Waals surface area contributed by atoms with E-state index in [2.05, 4.69) is 12.2 Å². The second-order valence-corrected chi connectivity index (χ2v) is 6.46. The lowest BCUT2D eigenvalue weighted by atomic mass is 10.0. The van der Waals surface area contributed by atoms with Crippen molar-refractivity contribution in [2.24, 2.45) is 0 Å². The SMILES string of the molecule is CCSc1ccc([C@@H](CC(F)(F)F)N2CCNCC2)cc1. The summed E-state index contributed by atoms with van der Waals surface area (Å²) in [6.07, 6.45) is -4.93. The van der Waals surface area contributed by atoms with Crippen LogP contribution in [0.1, 0.15) is 24.9 Å². The maximum absolute atomic E-state index is 12.9. The fourth-order valence-electron chi connectivity index (χ4n) is 2.62. The van der Waals surface area contributed by atoms with Gasteiger partial charge in [-0.05, 0) is 23.4 Å². The van der Waals surface area contributed by atoms with Crippen molar-refractivity contribution in [2.75, 3.05) is 31.9 Å². The Morgan fingerprint density at radius 1 is 1.19 bits per heavy atom. The molecule has 1 aromatic carbocycles. The van der Waals surface area contributed by atoms with Crippen molar-refractivity contribution in [3.63, 3.8) is 0 Å². The van der Waals surface area contributed by atoms with Gasteiger partial charge in [-0.2, -0.15) is 13.2 Å². The molecule has 0 amide bonds. The number of halogens is 3. The molecule has 0 unspecified atom stereocenters. The molecule has 0 saturated carbocycles. The van der Waals surface area contributed by atoms with Gasteiger partial charge in [0.05, 0.1) is 6.42 Å². The van der Waals surface area contributed by atoms with Crippen molar-refractivity contribution in [2.45, 2.75) is 30.5 Å². The van der Waals surface area contributed by atoms with Gasteiger partial charge in [0.2, 0.25) is 0 Å². The first-order chi connectivity index (χ1) is 9.99. The molecule has 1 atom stereocenters. The van der Waals surface area contributed by atoms with Crippen molar-refractivity contribution in [1.82, 2.24) is 10.2 Å². The lowest BCUT2D eigenvalue weighted by molar-refractivity contribution is -0.148. The van der Waals surface area contributed by atoms with E-state index in [9.17, 15) is 13.2 Å². The number of nitrogens with zero attached hydrogens (tertiary/aromatic N) is 1. The Bertz CT molecular complexity index is 428. The first kappa shape index (κ1) is 16.6. The Labute approximate surface area is 128 Å². The van der Waals surface area contributed by atoms with Gasteiger partial charge in [-0.15, -0.1) is 11.8 Å². The fraction of sp³-hybridized carbons (Fsp3) is 0.600. The third-order valence-electron chi connectivity index (χ3n) is 3.59. The van der Waals surface area contributed by atoms with E-state index in [0.717, 1.165) is 29.3 Å². The van der Waals surface area contributed by atoms with E-state index in [1.54, 1.807) is 11.8 Å². The normalized spacial score (nSPS) is 18.7. The smallest absolute Gasteiger partial charge is 0.314 e. The molecule has 6 heteroatoms. The van der Waals surface area contributed by atoms with Crippen molar-refractivity contribution in [3.05, 3.63) is 29.8 Å². The molecular formula is C15H21F3N2S. The van der Waals surface area contributed by atoms with Gasteiger partial charge >= 0.3 is 6.18 Å². The molecule has 2 nitrogen and oxygen atoms in total. The summed E-state index contributed by atoms with van der Waals surface area (Å²) in [6, 6.07) is 6.96. The maximum atomic E-state index is 12.9. The van der Waals surface area contributed by atoms with Crippen LogP contribution in [-0.2, 0) is 0 Å². The van der Waals surface area contributed by atoms with Crippen LogP contribution in [0, 0.1) is 0 Å². The van der Waals surface area contributed by atoms with Crippen LogP contribution in [-0.4, -0.2) is 43.0 Å². The van der Waals surface area contributed by atoms with Gasteiger partial charge in [0.15, 0.2) is 0 Å². The molecule has 1 fully saturated rings. The Balaban J connectivity index is 2.16. The molecule has 0 radical (unpaired) electrons. The van der Waals surface area contributed by atoms with Crippen molar-refractivity contribution < 1.29 is 13.2 Å². The van der Waals surface area contributed by atoms with Gasteiger partial charge in [-0.1, -0.05) is 19.1 Å². The number of hydrogen-bond acceptors (Lipinski definition) is 3. The monoisotopic (exact) mass is 318 g/mol. The Kier molecular flexibility index (Phi) is 5.96. The van der Waals surface area contributed by atoms with Crippen molar-refractivity contribution in [3.8, 4) is 0 Å². The highest BCUT2D eigenvalue weighted by Crippen LogP contribution is 2.34. The minimum atomic E-state index is -4.15. The summed E-state index contributed by atoms with van der Waals surface area (Å²) in [7, 11) is 0. The molecule has 0 bridgehead atoms. The number of piperazine rings is 1. The van der Waals surface area contributed by atoms with E-state index in [1.807, 2.05) is 29.2 Å². The topological polar surface area (TPSA) is 15.3 Å². The van der Waals surface area contributed by atoms with Gasteiger partial charge in [-0.25, -0.2) is 0 Å². The average molecular weight is 318 g/mol. The van der Waals surface area contributed by atoms with Crippen molar-refractivity contribution in [1.29, 1.82) is 0 Å². The summed E-state index contributed by atoms with van der Waals surface area (Å²) in [5, 5.41) is 3.18. The van der Waals surface area contributed by atoms with Crippen LogP contribution in [0.4, 0.5) is 13.2 Å². The number of nitrogens with one attached hydrogen (secondary N) is 1. The van der Waals surface area contributed by atoms with E-state index in [0.29, 0.717) is 13.1 Å². The van der Waals surface area contributed by atoms with Crippen LogP contribution in [0.2, 0.25) is 0 Å². The second-order valence-electron chi connectivity index (χ2n) is 5.12. The van der Waals surface area contributed by atoms with Crippen LogP contribution in [0.5, 0.6) is 0 Å². The van der Waals surface area contributed by atoms with Crippen molar-refractivity contribution >= 4 is 11.8 Å². The van der Waals surface area contributed by atoms with E-state index in [-0.39, 0.29) is 0 Å². The predicted octanol–water partition coefficient (Wildman–Crippen LogP) is 3.70. The fourth-order valence-corrected chi connectivity index (χ4v) is 3.29. The summed E-state index contributed by atoms with van der Waals surface area (Å²) in [6.45, 7) is 4.88.